The first-order valence-electron chi connectivity index (χ1n) is 7.20. The predicted molar refractivity (Wildman–Crippen MR) is 78.4 cm³/mol. The van der Waals surface area contributed by atoms with Gasteiger partial charge in [-0.15, -0.1) is 0 Å². The van der Waals surface area contributed by atoms with Gasteiger partial charge < -0.3 is 16.0 Å². The second-order valence-electron chi connectivity index (χ2n) is 5.22. The number of hydrogen-bond acceptors (Lipinski definition) is 3. The molecule has 1 fully saturated rings. The molecule has 3 N–H and O–H groups in total. The Morgan fingerprint density at radius 2 is 2.35 bits per heavy atom. The van der Waals surface area contributed by atoms with Gasteiger partial charge in [0.05, 0.1) is 11.3 Å². The number of nitrogens with zero attached hydrogens (tertiary/aromatic N) is 1. The van der Waals surface area contributed by atoms with Crippen molar-refractivity contribution in [2.75, 3.05) is 24.5 Å². The minimum Gasteiger partial charge on any atom is -0.367 e. The van der Waals surface area contributed by atoms with E-state index in [1.54, 1.807) is 6.07 Å². The molecule has 5 heteroatoms. The fraction of sp³-hybridized carbons (Fsp3) is 0.533. The van der Waals surface area contributed by atoms with Gasteiger partial charge in [-0.1, -0.05) is 6.92 Å². The Balaban J connectivity index is 2.35. The summed E-state index contributed by atoms with van der Waals surface area (Å²) in [7, 11) is 0. The Morgan fingerprint density at radius 3 is 2.95 bits per heavy atom. The number of amides is 1. The van der Waals surface area contributed by atoms with Gasteiger partial charge >= 0.3 is 0 Å². The van der Waals surface area contributed by atoms with Crippen LogP contribution in [0.3, 0.4) is 0 Å². The molecule has 4 nitrogen and oxygen atoms in total. The molecule has 1 aromatic carbocycles. The Labute approximate surface area is 119 Å². The molecule has 1 aliphatic rings. The van der Waals surface area contributed by atoms with Gasteiger partial charge in [-0.25, -0.2) is 4.39 Å². The molecular formula is C15H22FN3O. The van der Waals surface area contributed by atoms with Crippen LogP contribution in [0, 0.1) is 5.82 Å². The van der Waals surface area contributed by atoms with E-state index < -0.39 is 11.7 Å². The molecule has 20 heavy (non-hydrogen) atoms. The van der Waals surface area contributed by atoms with Crippen LogP contribution in [-0.4, -0.2) is 31.6 Å². The average Bonchev–Trinajstić information content (AvgIpc) is 2.46. The quantitative estimate of drug-likeness (QED) is 0.865. The van der Waals surface area contributed by atoms with E-state index in [9.17, 15) is 9.18 Å². The zero-order valence-corrected chi connectivity index (χ0v) is 11.9. The van der Waals surface area contributed by atoms with Gasteiger partial charge in [0.15, 0.2) is 0 Å². The Kier molecular flexibility index (Phi) is 4.95. The summed E-state index contributed by atoms with van der Waals surface area (Å²) in [6.45, 7) is 4.84. The predicted octanol–water partition coefficient (Wildman–Crippen LogP) is 1.89. The summed E-state index contributed by atoms with van der Waals surface area (Å²) in [6, 6.07) is 4.61. The van der Waals surface area contributed by atoms with Crippen molar-refractivity contribution in [2.45, 2.75) is 32.2 Å². The van der Waals surface area contributed by atoms with Crippen molar-refractivity contribution < 1.29 is 9.18 Å². The van der Waals surface area contributed by atoms with Crippen molar-refractivity contribution in [3.8, 4) is 0 Å². The number of benzene rings is 1. The molecule has 1 saturated heterocycles. The van der Waals surface area contributed by atoms with Gasteiger partial charge in [-0.3, -0.25) is 4.79 Å². The molecule has 0 aromatic heterocycles. The van der Waals surface area contributed by atoms with Crippen LogP contribution in [0.25, 0.3) is 0 Å². The van der Waals surface area contributed by atoms with E-state index in [1.807, 2.05) is 0 Å². The van der Waals surface area contributed by atoms with E-state index in [1.165, 1.54) is 12.1 Å². The van der Waals surface area contributed by atoms with Crippen LogP contribution in [0.15, 0.2) is 18.2 Å². The lowest BCUT2D eigenvalue weighted by atomic mass is 10.0. The van der Waals surface area contributed by atoms with Gasteiger partial charge in [0.25, 0.3) is 5.91 Å². The minimum absolute atomic E-state index is 0.268. The number of primary amides is 1. The molecule has 1 unspecified atom stereocenters. The van der Waals surface area contributed by atoms with Gasteiger partial charge in [-0.05, 0) is 44.0 Å². The number of rotatable bonds is 5. The third-order valence-corrected chi connectivity index (χ3v) is 3.71. The molecule has 1 aliphatic heterocycles. The summed E-state index contributed by atoms with van der Waals surface area (Å²) >= 11 is 0. The van der Waals surface area contributed by atoms with Crippen LogP contribution in [0.1, 0.15) is 36.5 Å². The fourth-order valence-electron chi connectivity index (χ4n) is 2.80. The fourth-order valence-corrected chi connectivity index (χ4v) is 2.80. The van der Waals surface area contributed by atoms with Gasteiger partial charge in [0.2, 0.25) is 0 Å². The SMILES string of the molecule is CCCN(c1ccc(F)cc1C(N)=O)C1CCCNC1. The van der Waals surface area contributed by atoms with Crippen molar-refractivity contribution in [1.29, 1.82) is 0 Å². The second-order valence-corrected chi connectivity index (χ2v) is 5.22. The van der Waals surface area contributed by atoms with E-state index >= 15 is 0 Å². The summed E-state index contributed by atoms with van der Waals surface area (Å²) in [6.07, 6.45) is 3.15. The van der Waals surface area contributed by atoms with Crippen LogP contribution in [-0.2, 0) is 0 Å². The first kappa shape index (κ1) is 14.8. The third kappa shape index (κ3) is 3.28. The number of halogens is 1. The molecule has 0 spiro atoms. The number of anilines is 1. The van der Waals surface area contributed by atoms with Crippen LogP contribution in [0.2, 0.25) is 0 Å². The highest BCUT2D eigenvalue weighted by Gasteiger charge is 2.24. The number of piperidine rings is 1. The Hall–Kier alpha value is -1.62. The molecule has 0 bridgehead atoms. The standard InChI is InChI=1S/C15H22FN3O/c1-2-8-19(12-4-3-7-18-10-12)14-6-5-11(16)9-13(14)15(17)20/h5-6,9,12,18H,2-4,7-8,10H2,1H3,(H2,17,20). The molecule has 110 valence electrons. The summed E-state index contributed by atoms with van der Waals surface area (Å²) in [4.78, 5) is 13.8. The van der Waals surface area contributed by atoms with Gasteiger partial charge in [0, 0.05) is 19.1 Å². The van der Waals surface area contributed by atoms with Crippen LogP contribution < -0.4 is 16.0 Å². The molecule has 1 amide bonds. The molecule has 0 radical (unpaired) electrons. The van der Waals surface area contributed by atoms with Crippen LogP contribution in [0.4, 0.5) is 10.1 Å². The minimum atomic E-state index is -0.579. The second kappa shape index (κ2) is 6.70. The van der Waals surface area contributed by atoms with Crippen molar-refractivity contribution in [3.63, 3.8) is 0 Å². The topological polar surface area (TPSA) is 58.4 Å². The normalized spacial score (nSPS) is 18.8. The zero-order chi connectivity index (χ0) is 14.5. The van der Waals surface area contributed by atoms with E-state index in [-0.39, 0.29) is 5.56 Å². The summed E-state index contributed by atoms with van der Waals surface area (Å²) in [5.74, 6) is -1.01. The molecule has 0 saturated carbocycles. The smallest absolute Gasteiger partial charge is 0.250 e. The number of hydrogen-bond donors (Lipinski definition) is 2. The molecule has 1 aromatic rings. The van der Waals surface area contributed by atoms with E-state index in [2.05, 4.69) is 17.1 Å². The number of carbonyl (C=O) groups is 1. The molecule has 2 rings (SSSR count). The Bertz CT molecular complexity index is 472. The molecule has 1 atom stereocenters. The molecule has 0 aliphatic carbocycles. The van der Waals surface area contributed by atoms with E-state index in [4.69, 9.17) is 5.73 Å². The van der Waals surface area contributed by atoms with Crippen LogP contribution >= 0.6 is 0 Å². The maximum Gasteiger partial charge on any atom is 0.250 e. The van der Waals surface area contributed by atoms with Crippen molar-refractivity contribution in [2.24, 2.45) is 5.73 Å². The highest BCUT2D eigenvalue weighted by Crippen LogP contribution is 2.26. The zero-order valence-electron chi connectivity index (χ0n) is 11.9. The van der Waals surface area contributed by atoms with Crippen LogP contribution in [0.5, 0.6) is 0 Å². The lowest BCUT2D eigenvalue weighted by Crippen LogP contribution is -2.47. The largest absolute Gasteiger partial charge is 0.367 e. The summed E-state index contributed by atoms with van der Waals surface area (Å²) < 4.78 is 13.4. The van der Waals surface area contributed by atoms with Gasteiger partial charge in [0.1, 0.15) is 5.82 Å². The lowest BCUT2D eigenvalue weighted by molar-refractivity contribution is 0.1000. The maximum absolute atomic E-state index is 13.4. The third-order valence-electron chi connectivity index (χ3n) is 3.71. The summed E-state index contributed by atoms with van der Waals surface area (Å²) in [5, 5.41) is 3.37. The number of carbonyl (C=O) groups excluding carboxylic acids is 1. The van der Waals surface area contributed by atoms with Crippen molar-refractivity contribution >= 4 is 11.6 Å². The van der Waals surface area contributed by atoms with Gasteiger partial charge in [-0.2, -0.15) is 0 Å². The summed E-state index contributed by atoms with van der Waals surface area (Å²) in [5.41, 5.74) is 6.41. The molecule has 1 heterocycles. The van der Waals surface area contributed by atoms with Crippen molar-refractivity contribution in [1.82, 2.24) is 5.32 Å². The number of nitrogens with one attached hydrogen (secondary N) is 1. The lowest BCUT2D eigenvalue weighted by Gasteiger charge is -2.37. The van der Waals surface area contributed by atoms with E-state index in [0.29, 0.717) is 6.04 Å². The highest BCUT2D eigenvalue weighted by molar-refractivity contribution is 5.98. The average molecular weight is 279 g/mol. The highest BCUT2D eigenvalue weighted by atomic mass is 19.1. The Morgan fingerprint density at radius 1 is 1.55 bits per heavy atom. The van der Waals surface area contributed by atoms with Crippen molar-refractivity contribution in [3.05, 3.63) is 29.6 Å². The maximum atomic E-state index is 13.4. The monoisotopic (exact) mass is 279 g/mol. The molecular weight excluding hydrogens is 257 g/mol. The first-order chi connectivity index (χ1) is 9.63. The first-order valence-corrected chi connectivity index (χ1v) is 7.20. The van der Waals surface area contributed by atoms with E-state index in [0.717, 1.165) is 44.6 Å². The number of nitrogens with two attached hydrogens (primary N) is 1.